The molecule has 0 atom stereocenters. The van der Waals surface area contributed by atoms with Gasteiger partial charge in [-0.15, -0.1) is 0 Å². The van der Waals surface area contributed by atoms with Crippen molar-refractivity contribution in [2.45, 2.75) is 13.8 Å². The van der Waals surface area contributed by atoms with E-state index in [1.807, 2.05) is 50.2 Å². The molecule has 1 amide bonds. The average molecular weight is 552 g/mol. The molecular formula is C33H29NO7. The van der Waals surface area contributed by atoms with Gasteiger partial charge in [-0.3, -0.25) is 9.59 Å². The molecule has 0 spiro atoms. The second-order valence-electron chi connectivity index (χ2n) is 9.39. The Balaban J connectivity index is 1.41. The molecule has 0 saturated heterocycles. The van der Waals surface area contributed by atoms with Crippen molar-refractivity contribution in [3.05, 3.63) is 106 Å². The quantitative estimate of drug-likeness (QED) is 0.213. The number of benzene rings is 4. The number of anilines is 1. The van der Waals surface area contributed by atoms with Crippen molar-refractivity contribution >= 4 is 22.6 Å². The number of aryl methyl sites for hydroxylation is 2. The number of hydrogen-bond acceptors (Lipinski definition) is 7. The minimum atomic E-state index is -0.445. The molecule has 0 aliphatic heterocycles. The summed E-state index contributed by atoms with van der Waals surface area (Å²) in [4.78, 5) is 26.5. The highest BCUT2D eigenvalue weighted by Gasteiger charge is 2.21. The van der Waals surface area contributed by atoms with Gasteiger partial charge in [0.15, 0.2) is 23.9 Å². The van der Waals surface area contributed by atoms with Gasteiger partial charge in [0.2, 0.25) is 11.2 Å². The molecule has 8 heteroatoms. The normalized spacial score (nSPS) is 10.7. The Hall–Kier alpha value is -5.24. The van der Waals surface area contributed by atoms with Gasteiger partial charge in [0.1, 0.15) is 17.1 Å². The zero-order valence-electron chi connectivity index (χ0n) is 23.1. The van der Waals surface area contributed by atoms with Crippen LogP contribution >= 0.6 is 0 Å². The Morgan fingerprint density at radius 1 is 0.829 bits per heavy atom. The highest BCUT2D eigenvalue weighted by Crippen LogP contribution is 2.37. The molecule has 0 fully saturated rings. The summed E-state index contributed by atoms with van der Waals surface area (Å²) in [5.74, 6) is 1.99. The van der Waals surface area contributed by atoms with E-state index < -0.39 is 12.5 Å². The van der Waals surface area contributed by atoms with Crippen molar-refractivity contribution in [1.29, 1.82) is 0 Å². The second kappa shape index (κ2) is 11.9. The molecule has 0 unspecified atom stereocenters. The lowest BCUT2D eigenvalue weighted by Gasteiger charge is -2.15. The largest absolute Gasteiger partial charge is 0.493 e. The molecule has 208 valence electrons. The van der Waals surface area contributed by atoms with Crippen LogP contribution in [0.2, 0.25) is 0 Å². The zero-order chi connectivity index (χ0) is 28.9. The van der Waals surface area contributed by atoms with E-state index in [-0.39, 0.29) is 16.9 Å². The van der Waals surface area contributed by atoms with Crippen molar-refractivity contribution < 1.29 is 28.2 Å². The maximum atomic E-state index is 13.7. The van der Waals surface area contributed by atoms with Gasteiger partial charge in [0.25, 0.3) is 5.91 Å². The van der Waals surface area contributed by atoms with E-state index in [9.17, 15) is 9.59 Å². The highest BCUT2D eigenvalue weighted by atomic mass is 16.5. The topological polar surface area (TPSA) is 96.2 Å². The first-order valence-electron chi connectivity index (χ1n) is 12.9. The molecule has 1 heterocycles. The van der Waals surface area contributed by atoms with E-state index >= 15 is 0 Å². The number of amides is 1. The number of methoxy groups -OCH3 is 2. The predicted molar refractivity (Wildman–Crippen MR) is 158 cm³/mol. The molecular weight excluding hydrogens is 522 g/mol. The molecule has 41 heavy (non-hydrogen) atoms. The zero-order valence-corrected chi connectivity index (χ0v) is 23.1. The van der Waals surface area contributed by atoms with Crippen LogP contribution in [0.3, 0.4) is 0 Å². The van der Waals surface area contributed by atoms with Gasteiger partial charge in [-0.05, 0) is 85.6 Å². The van der Waals surface area contributed by atoms with Crippen LogP contribution in [0.4, 0.5) is 5.69 Å². The molecule has 0 saturated carbocycles. The smallest absolute Gasteiger partial charge is 0.262 e. The Morgan fingerprint density at radius 2 is 1.54 bits per heavy atom. The van der Waals surface area contributed by atoms with Gasteiger partial charge >= 0.3 is 0 Å². The number of hydrogen-bond donors (Lipinski definition) is 1. The SMILES string of the molecule is COc1ccc(-c2oc3c(C)cc(C)cc3c(=O)c2OCC(=O)Nc2ccc(Oc3ccccc3)cc2)cc1OC. The van der Waals surface area contributed by atoms with E-state index in [1.54, 1.807) is 48.5 Å². The molecule has 0 bridgehead atoms. The third-order valence-electron chi connectivity index (χ3n) is 6.39. The summed E-state index contributed by atoms with van der Waals surface area (Å²) in [5, 5.41) is 3.15. The van der Waals surface area contributed by atoms with Gasteiger partial charge in [0.05, 0.1) is 19.6 Å². The van der Waals surface area contributed by atoms with Crippen molar-refractivity contribution in [2.75, 3.05) is 26.1 Å². The summed E-state index contributed by atoms with van der Waals surface area (Å²) in [5.41, 5.74) is 2.87. The molecule has 0 aliphatic carbocycles. The first-order valence-corrected chi connectivity index (χ1v) is 12.9. The number of ether oxygens (including phenoxy) is 4. The standard InChI is InChI=1S/C33H29NO7/c1-20-16-21(2)31-26(17-20)30(36)33(32(41-31)22-10-15-27(37-3)28(18-22)38-4)39-19-29(35)34-23-11-13-25(14-12-23)40-24-8-6-5-7-9-24/h5-18H,19H2,1-4H3,(H,34,35). The molecule has 0 aliphatic rings. The van der Waals surface area contributed by atoms with Crippen LogP contribution in [0.15, 0.2) is 94.1 Å². The molecule has 4 aromatic carbocycles. The lowest BCUT2D eigenvalue weighted by Crippen LogP contribution is -2.22. The highest BCUT2D eigenvalue weighted by molar-refractivity contribution is 5.92. The van der Waals surface area contributed by atoms with Crippen molar-refractivity contribution in [3.8, 4) is 40.1 Å². The third kappa shape index (κ3) is 6.01. The van der Waals surface area contributed by atoms with E-state index in [4.69, 9.17) is 23.4 Å². The lowest BCUT2D eigenvalue weighted by atomic mass is 10.0. The Morgan fingerprint density at radius 3 is 2.24 bits per heavy atom. The second-order valence-corrected chi connectivity index (χ2v) is 9.39. The van der Waals surface area contributed by atoms with Crippen LogP contribution in [-0.2, 0) is 4.79 Å². The number of nitrogens with one attached hydrogen (secondary N) is 1. The summed E-state index contributed by atoms with van der Waals surface area (Å²) >= 11 is 0. The number of fused-ring (bicyclic) bond motifs is 1. The Bertz CT molecular complexity index is 1760. The van der Waals surface area contributed by atoms with Crippen LogP contribution in [0, 0.1) is 13.8 Å². The van der Waals surface area contributed by atoms with Gasteiger partial charge in [-0.1, -0.05) is 24.3 Å². The van der Waals surface area contributed by atoms with E-state index in [0.717, 1.165) is 11.1 Å². The first-order chi connectivity index (χ1) is 19.9. The van der Waals surface area contributed by atoms with Gasteiger partial charge < -0.3 is 28.7 Å². The summed E-state index contributed by atoms with van der Waals surface area (Å²) in [6.07, 6.45) is 0. The van der Waals surface area contributed by atoms with Crippen molar-refractivity contribution in [3.63, 3.8) is 0 Å². The van der Waals surface area contributed by atoms with Crippen LogP contribution in [0.25, 0.3) is 22.3 Å². The van der Waals surface area contributed by atoms with Crippen LogP contribution in [-0.4, -0.2) is 26.7 Å². The number of carbonyl (C=O) groups is 1. The van der Waals surface area contributed by atoms with Crippen molar-refractivity contribution in [2.24, 2.45) is 0 Å². The van der Waals surface area contributed by atoms with Crippen molar-refractivity contribution in [1.82, 2.24) is 0 Å². The Kier molecular flexibility index (Phi) is 7.92. The fraction of sp³-hybridized carbons (Fsp3) is 0.152. The third-order valence-corrected chi connectivity index (χ3v) is 6.39. The maximum absolute atomic E-state index is 13.7. The van der Waals surface area contributed by atoms with E-state index in [0.29, 0.717) is 45.2 Å². The van der Waals surface area contributed by atoms with Crippen LogP contribution in [0.5, 0.6) is 28.7 Å². The molecule has 5 aromatic rings. The number of carbonyl (C=O) groups excluding carboxylic acids is 1. The fourth-order valence-electron chi connectivity index (χ4n) is 4.50. The molecule has 1 aromatic heterocycles. The van der Waals surface area contributed by atoms with Gasteiger partial charge in [0, 0.05) is 11.3 Å². The fourth-order valence-corrected chi connectivity index (χ4v) is 4.50. The summed E-state index contributed by atoms with van der Waals surface area (Å²) in [6, 6.07) is 25.2. The molecule has 8 nitrogen and oxygen atoms in total. The first kappa shape index (κ1) is 27.3. The number of para-hydroxylation sites is 1. The predicted octanol–water partition coefficient (Wildman–Crippen LogP) is 6.90. The Labute approximate surface area is 237 Å². The molecule has 1 N–H and O–H groups in total. The van der Waals surface area contributed by atoms with Gasteiger partial charge in [-0.25, -0.2) is 0 Å². The van der Waals surface area contributed by atoms with E-state index in [1.165, 1.54) is 14.2 Å². The van der Waals surface area contributed by atoms with Gasteiger partial charge in [-0.2, -0.15) is 0 Å². The monoisotopic (exact) mass is 551 g/mol. The summed E-state index contributed by atoms with van der Waals surface area (Å²) in [7, 11) is 3.06. The molecule has 5 rings (SSSR count). The molecule has 0 radical (unpaired) electrons. The van der Waals surface area contributed by atoms with Crippen LogP contribution in [0.1, 0.15) is 11.1 Å². The lowest BCUT2D eigenvalue weighted by molar-refractivity contribution is -0.118. The number of rotatable bonds is 9. The average Bonchev–Trinajstić information content (AvgIpc) is 2.98. The minimum Gasteiger partial charge on any atom is -0.493 e. The minimum absolute atomic E-state index is 0.0727. The maximum Gasteiger partial charge on any atom is 0.262 e. The summed E-state index contributed by atoms with van der Waals surface area (Å²) < 4.78 is 28.7. The van der Waals surface area contributed by atoms with E-state index in [2.05, 4.69) is 5.32 Å². The summed E-state index contributed by atoms with van der Waals surface area (Å²) in [6.45, 7) is 3.36. The van der Waals surface area contributed by atoms with Crippen LogP contribution < -0.4 is 29.7 Å².